The monoisotopic (exact) mass is 493 g/mol. The summed E-state index contributed by atoms with van der Waals surface area (Å²) in [4.78, 5) is 37.2. The Balaban J connectivity index is 1.27. The Morgan fingerprint density at radius 2 is 1.92 bits per heavy atom. The topological polar surface area (TPSA) is 138 Å². The molecule has 6 rings (SSSR count). The zero-order valence-corrected chi connectivity index (χ0v) is 20.1. The van der Waals surface area contributed by atoms with Crippen LogP contribution in [0.5, 0.6) is 11.5 Å². The fourth-order valence-electron chi connectivity index (χ4n) is 5.48. The van der Waals surface area contributed by atoms with Crippen LogP contribution in [0.2, 0.25) is 0 Å². The molecule has 5 heterocycles. The minimum atomic E-state index is -0.445. The Morgan fingerprint density at radius 1 is 1.14 bits per heavy atom. The van der Waals surface area contributed by atoms with Crippen LogP contribution in [0, 0.1) is 0 Å². The molecule has 36 heavy (non-hydrogen) atoms. The lowest BCUT2D eigenvalue weighted by Crippen LogP contribution is -2.52. The Kier molecular flexibility index (Phi) is 5.31. The van der Waals surface area contributed by atoms with Crippen molar-refractivity contribution in [1.29, 1.82) is 0 Å². The maximum Gasteiger partial charge on any atom is 0.329 e. The number of piperidine rings is 1. The summed E-state index contributed by atoms with van der Waals surface area (Å²) in [5.41, 5.74) is 8.40. The molecule has 3 aliphatic rings. The van der Waals surface area contributed by atoms with Crippen LogP contribution < -0.4 is 15.2 Å². The van der Waals surface area contributed by atoms with Crippen molar-refractivity contribution >= 4 is 28.9 Å². The molecule has 12 heteroatoms. The molecule has 3 aromatic rings. The van der Waals surface area contributed by atoms with Crippen LogP contribution in [0.4, 0.5) is 10.6 Å². The average molecular weight is 494 g/mol. The summed E-state index contributed by atoms with van der Waals surface area (Å²) < 4.78 is 18.0. The molecular formula is C24H27N7O5. The molecule has 2 aromatic heterocycles. The maximum atomic E-state index is 13.1. The molecule has 12 nitrogen and oxygen atoms in total. The number of esters is 1. The van der Waals surface area contributed by atoms with E-state index in [2.05, 4.69) is 9.97 Å². The van der Waals surface area contributed by atoms with Crippen molar-refractivity contribution in [2.24, 2.45) is 0 Å². The number of nitrogens with two attached hydrogens (primary N) is 1. The highest BCUT2D eigenvalue weighted by Crippen LogP contribution is 2.38. The first-order valence-electron chi connectivity index (χ1n) is 12.0. The molecule has 0 aliphatic carbocycles. The summed E-state index contributed by atoms with van der Waals surface area (Å²) in [5.74, 6) is 1.25. The maximum absolute atomic E-state index is 13.1. The van der Waals surface area contributed by atoms with E-state index < -0.39 is 6.04 Å². The van der Waals surface area contributed by atoms with Gasteiger partial charge in [-0.25, -0.2) is 24.2 Å². The lowest BCUT2D eigenvalue weighted by Gasteiger charge is -2.36. The minimum Gasteiger partial charge on any atom is -0.493 e. The number of aromatic nitrogens is 4. The van der Waals surface area contributed by atoms with Crippen LogP contribution in [0.15, 0.2) is 24.5 Å². The van der Waals surface area contributed by atoms with Crippen LogP contribution in [-0.2, 0) is 9.53 Å². The van der Waals surface area contributed by atoms with E-state index in [1.807, 2.05) is 27.8 Å². The normalized spacial score (nSPS) is 21.8. The second-order valence-corrected chi connectivity index (χ2v) is 9.28. The zero-order chi connectivity index (χ0) is 25.0. The quantitative estimate of drug-likeness (QED) is 0.540. The Labute approximate surface area is 206 Å². The first-order chi connectivity index (χ1) is 17.5. The average Bonchev–Trinajstić information content (AvgIpc) is 3.61. The van der Waals surface area contributed by atoms with Crippen molar-refractivity contribution in [2.75, 3.05) is 39.6 Å². The van der Waals surface area contributed by atoms with E-state index in [1.165, 1.54) is 6.33 Å². The van der Waals surface area contributed by atoms with Crippen molar-refractivity contribution in [3.63, 3.8) is 0 Å². The molecule has 0 spiro atoms. The van der Waals surface area contributed by atoms with Crippen molar-refractivity contribution in [3.8, 4) is 22.8 Å². The number of nitrogen functional groups attached to an aromatic ring is 1. The number of hydrogen-bond donors (Lipinski definition) is 1. The van der Waals surface area contributed by atoms with Gasteiger partial charge in [-0.15, -0.1) is 0 Å². The molecule has 0 radical (unpaired) electrons. The smallest absolute Gasteiger partial charge is 0.329 e. The fraction of sp³-hybridized carbons (Fsp3) is 0.458. The van der Waals surface area contributed by atoms with E-state index in [9.17, 15) is 9.59 Å². The number of methoxy groups -OCH3 is 2. The third-order valence-electron chi connectivity index (χ3n) is 7.32. The highest BCUT2D eigenvalue weighted by molar-refractivity contribution is 5.98. The Bertz CT molecular complexity index is 1350. The van der Waals surface area contributed by atoms with E-state index in [-0.39, 0.29) is 24.1 Å². The largest absolute Gasteiger partial charge is 0.493 e. The van der Waals surface area contributed by atoms with Crippen molar-refractivity contribution in [1.82, 2.24) is 29.5 Å². The minimum absolute atomic E-state index is 0.0275. The van der Waals surface area contributed by atoms with Gasteiger partial charge in [-0.2, -0.15) is 5.10 Å². The molecule has 2 bridgehead atoms. The number of carbonyl (C=O) groups is 2. The summed E-state index contributed by atoms with van der Waals surface area (Å²) in [6.07, 6.45) is 3.27. The van der Waals surface area contributed by atoms with Gasteiger partial charge >= 0.3 is 12.0 Å². The van der Waals surface area contributed by atoms with Crippen LogP contribution in [0.25, 0.3) is 22.3 Å². The SMILES string of the molecule is COc1ccc(-c2nn(C3CCN(C(=O)N4CC5CC4C(=O)O5)CC3)c3ncnc(N)c23)cc1OC. The first-order valence-corrected chi connectivity index (χ1v) is 12.0. The Hall–Kier alpha value is -4.09. The number of nitrogens with zero attached hydrogens (tertiary/aromatic N) is 6. The molecule has 3 saturated heterocycles. The number of carbonyl (C=O) groups excluding carboxylic acids is 2. The lowest BCUT2D eigenvalue weighted by molar-refractivity contribution is -0.149. The van der Waals surface area contributed by atoms with Crippen LogP contribution >= 0.6 is 0 Å². The zero-order valence-electron chi connectivity index (χ0n) is 20.1. The van der Waals surface area contributed by atoms with Crippen LogP contribution in [0.1, 0.15) is 25.3 Å². The van der Waals surface area contributed by atoms with Crippen molar-refractivity contribution in [3.05, 3.63) is 24.5 Å². The second-order valence-electron chi connectivity index (χ2n) is 9.28. The highest BCUT2D eigenvalue weighted by Gasteiger charge is 2.49. The van der Waals surface area contributed by atoms with Gasteiger partial charge in [0, 0.05) is 25.1 Å². The number of amides is 2. The van der Waals surface area contributed by atoms with Gasteiger partial charge in [0.1, 0.15) is 30.0 Å². The van der Waals surface area contributed by atoms with E-state index >= 15 is 0 Å². The number of benzene rings is 1. The predicted octanol–water partition coefficient (Wildman–Crippen LogP) is 1.85. The molecule has 2 amide bonds. The number of likely N-dealkylation sites (tertiary alicyclic amines) is 2. The molecule has 188 valence electrons. The van der Waals surface area contributed by atoms with Gasteiger partial charge in [0.05, 0.1) is 32.2 Å². The number of fused-ring (bicyclic) bond motifs is 3. The summed E-state index contributed by atoms with van der Waals surface area (Å²) in [7, 11) is 3.17. The van der Waals surface area contributed by atoms with Gasteiger partial charge in [0.15, 0.2) is 17.1 Å². The predicted molar refractivity (Wildman–Crippen MR) is 129 cm³/mol. The van der Waals surface area contributed by atoms with Gasteiger partial charge in [0.2, 0.25) is 0 Å². The van der Waals surface area contributed by atoms with E-state index in [4.69, 9.17) is 25.0 Å². The van der Waals surface area contributed by atoms with Gasteiger partial charge in [-0.3, -0.25) is 0 Å². The molecule has 2 atom stereocenters. The fourth-order valence-corrected chi connectivity index (χ4v) is 5.48. The third-order valence-corrected chi connectivity index (χ3v) is 7.32. The summed E-state index contributed by atoms with van der Waals surface area (Å²) >= 11 is 0. The van der Waals surface area contributed by atoms with E-state index in [1.54, 1.807) is 19.1 Å². The van der Waals surface area contributed by atoms with Crippen LogP contribution in [-0.4, -0.2) is 87.5 Å². The number of hydrogen-bond acceptors (Lipinski definition) is 9. The van der Waals surface area contributed by atoms with Gasteiger partial charge in [-0.1, -0.05) is 0 Å². The molecule has 1 aromatic carbocycles. The second kappa shape index (κ2) is 8.54. The van der Waals surface area contributed by atoms with Crippen LogP contribution in [0.3, 0.4) is 0 Å². The first kappa shape index (κ1) is 22.4. The number of urea groups is 1. The number of rotatable bonds is 4. The van der Waals surface area contributed by atoms with Crippen molar-refractivity contribution < 1.29 is 23.8 Å². The van der Waals surface area contributed by atoms with Gasteiger partial charge in [0.25, 0.3) is 0 Å². The molecule has 3 fully saturated rings. The van der Waals surface area contributed by atoms with E-state index in [0.717, 1.165) is 5.56 Å². The highest BCUT2D eigenvalue weighted by atomic mass is 16.6. The molecule has 2 N–H and O–H groups in total. The molecule has 3 aliphatic heterocycles. The summed E-state index contributed by atoms with van der Waals surface area (Å²) in [6, 6.07) is 5.06. The number of ether oxygens (including phenoxy) is 3. The van der Waals surface area contributed by atoms with Gasteiger partial charge in [-0.05, 0) is 31.0 Å². The summed E-state index contributed by atoms with van der Waals surface area (Å²) in [6.45, 7) is 1.59. The van der Waals surface area contributed by atoms with Crippen molar-refractivity contribution in [2.45, 2.75) is 37.5 Å². The third kappa shape index (κ3) is 3.47. The molecular weight excluding hydrogens is 466 g/mol. The van der Waals surface area contributed by atoms with E-state index in [0.29, 0.717) is 72.9 Å². The van der Waals surface area contributed by atoms with Gasteiger partial charge < -0.3 is 29.7 Å². The summed E-state index contributed by atoms with van der Waals surface area (Å²) in [5, 5.41) is 5.60. The number of anilines is 1. The standard InChI is InChI=1S/C24H27N7O5/c1-34-17-4-3-13(9-18(17)35-2)20-19-21(25)26-12-27-22(19)31(28-20)14-5-7-29(8-6-14)24(33)30-11-15-10-16(30)23(32)36-15/h3-4,9,12,14-16H,5-8,10-11H2,1-2H3,(H2,25,26,27). The number of morpholine rings is 1. The molecule has 0 saturated carbocycles. The molecule has 2 unspecified atom stereocenters. The Morgan fingerprint density at radius 3 is 2.61 bits per heavy atom. The lowest BCUT2D eigenvalue weighted by atomic mass is 10.1.